The van der Waals surface area contributed by atoms with Gasteiger partial charge in [-0.05, 0) is 32.9 Å². The van der Waals surface area contributed by atoms with Crippen molar-refractivity contribution in [1.82, 2.24) is 10.5 Å². The molecule has 8 heteroatoms. The number of benzene rings is 1. The largest absolute Gasteiger partial charge is 0.361 e. The molecule has 2 amide bonds. The van der Waals surface area contributed by atoms with Gasteiger partial charge in [0.15, 0.2) is 0 Å². The summed E-state index contributed by atoms with van der Waals surface area (Å²) in [6.07, 6.45) is 0. The normalized spacial score (nSPS) is 12.3. The number of halogens is 2. The van der Waals surface area contributed by atoms with Gasteiger partial charge in [-0.15, -0.1) is 0 Å². The van der Waals surface area contributed by atoms with Crippen LogP contribution in [0.3, 0.4) is 0 Å². The zero-order valence-electron chi connectivity index (χ0n) is 12.9. The number of carbonyl (C=O) groups is 1. The Hall–Kier alpha value is -2.09. The third-order valence-electron chi connectivity index (χ3n) is 3.22. The van der Waals surface area contributed by atoms with Gasteiger partial charge in [-0.25, -0.2) is 4.79 Å². The van der Waals surface area contributed by atoms with Crippen molar-refractivity contribution < 1.29 is 18.1 Å². The molecule has 0 unspecified atom stereocenters. The second kappa shape index (κ2) is 7.45. The van der Waals surface area contributed by atoms with E-state index < -0.39 is 11.8 Å². The quantitative estimate of drug-likeness (QED) is 0.787. The van der Waals surface area contributed by atoms with Gasteiger partial charge < -0.3 is 15.2 Å². The van der Waals surface area contributed by atoms with Gasteiger partial charge in [-0.1, -0.05) is 29.1 Å². The first-order valence-electron chi connectivity index (χ1n) is 6.92. The number of aryl methyl sites for hydroxylation is 2. The average Bonchev–Trinajstić information content (AvgIpc) is 2.79. The minimum Gasteiger partial charge on any atom is -0.361 e. The SMILES string of the molecule is Cc1noc(C)c1[C@H](C)NC(=O)Nc1ccccc1SC(F)F. The highest BCUT2D eigenvalue weighted by atomic mass is 32.2. The smallest absolute Gasteiger partial charge is 0.319 e. The summed E-state index contributed by atoms with van der Waals surface area (Å²) in [5.74, 6) is -1.92. The highest BCUT2D eigenvalue weighted by Crippen LogP contribution is 2.31. The molecule has 1 aromatic heterocycles. The van der Waals surface area contributed by atoms with Crippen LogP contribution in [-0.2, 0) is 0 Å². The summed E-state index contributed by atoms with van der Waals surface area (Å²) in [5, 5.41) is 9.18. The minimum atomic E-state index is -2.55. The summed E-state index contributed by atoms with van der Waals surface area (Å²) in [6.45, 7) is 5.35. The lowest BCUT2D eigenvalue weighted by Crippen LogP contribution is -2.31. The molecule has 124 valence electrons. The van der Waals surface area contributed by atoms with Crippen LogP contribution in [0.25, 0.3) is 0 Å². The Bertz CT molecular complexity index is 672. The molecule has 0 aliphatic rings. The fourth-order valence-corrected chi connectivity index (χ4v) is 2.90. The predicted molar refractivity (Wildman–Crippen MR) is 84.8 cm³/mol. The third kappa shape index (κ3) is 4.44. The number of anilines is 1. The highest BCUT2D eigenvalue weighted by Gasteiger charge is 2.19. The maximum Gasteiger partial charge on any atom is 0.319 e. The molecule has 0 saturated heterocycles. The molecular formula is C15H17F2N3O2S. The van der Waals surface area contributed by atoms with Crippen molar-refractivity contribution in [2.24, 2.45) is 0 Å². The Morgan fingerprint density at radius 3 is 2.61 bits per heavy atom. The number of hydrogen-bond donors (Lipinski definition) is 2. The number of aromatic nitrogens is 1. The zero-order valence-corrected chi connectivity index (χ0v) is 13.7. The molecule has 23 heavy (non-hydrogen) atoms. The van der Waals surface area contributed by atoms with Gasteiger partial charge in [-0.3, -0.25) is 0 Å². The summed E-state index contributed by atoms with van der Waals surface area (Å²) < 4.78 is 30.2. The van der Waals surface area contributed by atoms with Gasteiger partial charge in [0.25, 0.3) is 5.76 Å². The van der Waals surface area contributed by atoms with Crippen LogP contribution < -0.4 is 10.6 Å². The number of alkyl halides is 2. The van der Waals surface area contributed by atoms with E-state index in [4.69, 9.17) is 4.52 Å². The fraction of sp³-hybridized carbons (Fsp3) is 0.333. The molecule has 0 radical (unpaired) electrons. The summed E-state index contributed by atoms with van der Waals surface area (Å²) in [6, 6.07) is 5.61. The first-order valence-corrected chi connectivity index (χ1v) is 7.80. The Morgan fingerprint density at radius 2 is 2.00 bits per heavy atom. The number of thioether (sulfide) groups is 1. The second-order valence-corrected chi connectivity index (χ2v) is 5.96. The first kappa shape index (κ1) is 17.3. The summed E-state index contributed by atoms with van der Waals surface area (Å²) >= 11 is 0.388. The summed E-state index contributed by atoms with van der Waals surface area (Å²) in [7, 11) is 0. The van der Waals surface area contributed by atoms with Crippen molar-refractivity contribution in [2.75, 3.05) is 5.32 Å². The Balaban J connectivity index is 2.05. The number of para-hydroxylation sites is 1. The van der Waals surface area contributed by atoms with Crippen molar-refractivity contribution in [3.63, 3.8) is 0 Å². The molecule has 2 N–H and O–H groups in total. The number of nitrogens with zero attached hydrogens (tertiary/aromatic N) is 1. The molecule has 1 atom stereocenters. The number of carbonyl (C=O) groups excluding carboxylic acids is 1. The number of hydrogen-bond acceptors (Lipinski definition) is 4. The monoisotopic (exact) mass is 341 g/mol. The number of amides is 2. The van der Waals surface area contributed by atoms with Crippen LogP contribution in [0.5, 0.6) is 0 Å². The van der Waals surface area contributed by atoms with E-state index in [0.717, 1.165) is 5.56 Å². The molecule has 0 aliphatic heterocycles. The van der Waals surface area contributed by atoms with Crippen LogP contribution >= 0.6 is 11.8 Å². The van der Waals surface area contributed by atoms with Crippen LogP contribution in [-0.4, -0.2) is 16.9 Å². The zero-order chi connectivity index (χ0) is 17.0. The lowest BCUT2D eigenvalue weighted by Gasteiger charge is -2.16. The topological polar surface area (TPSA) is 67.2 Å². The Labute approximate surface area is 136 Å². The minimum absolute atomic E-state index is 0.308. The van der Waals surface area contributed by atoms with Crippen LogP contribution in [0.1, 0.15) is 30.0 Å². The molecule has 0 bridgehead atoms. The number of nitrogens with one attached hydrogen (secondary N) is 2. The van der Waals surface area contributed by atoms with Crippen molar-refractivity contribution in [2.45, 2.75) is 37.5 Å². The molecule has 2 rings (SSSR count). The van der Waals surface area contributed by atoms with Crippen molar-refractivity contribution >= 4 is 23.5 Å². The van der Waals surface area contributed by atoms with Gasteiger partial charge in [0.05, 0.1) is 17.4 Å². The van der Waals surface area contributed by atoms with Gasteiger partial charge in [0, 0.05) is 10.5 Å². The number of rotatable bonds is 5. The molecule has 5 nitrogen and oxygen atoms in total. The van der Waals surface area contributed by atoms with Crippen LogP contribution in [0, 0.1) is 13.8 Å². The van der Waals surface area contributed by atoms with Crippen LogP contribution in [0.15, 0.2) is 33.7 Å². The third-order valence-corrected chi connectivity index (χ3v) is 4.01. The van der Waals surface area contributed by atoms with Gasteiger partial charge in [0.1, 0.15) is 5.76 Å². The molecule has 2 aromatic rings. The fourth-order valence-electron chi connectivity index (χ4n) is 2.30. The van der Waals surface area contributed by atoms with E-state index in [-0.39, 0.29) is 6.04 Å². The maximum absolute atomic E-state index is 12.5. The second-order valence-electron chi connectivity index (χ2n) is 4.93. The molecule has 1 heterocycles. The lowest BCUT2D eigenvalue weighted by molar-refractivity contribution is 0.248. The van der Waals surface area contributed by atoms with E-state index in [1.165, 1.54) is 6.07 Å². The number of urea groups is 1. The van der Waals surface area contributed by atoms with E-state index in [1.54, 1.807) is 39.0 Å². The van der Waals surface area contributed by atoms with E-state index in [9.17, 15) is 13.6 Å². The molecule has 0 aliphatic carbocycles. The Kier molecular flexibility index (Phi) is 5.59. The summed E-state index contributed by atoms with van der Waals surface area (Å²) in [5.41, 5.74) is 1.83. The van der Waals surface area contributed by atoms with Crippen LogP contribution in [0.2, 0.25) is 0 Å². The molecule has 0 spiro atoms. The van der Waals surface area contributed by atoms with Crippen LogP contribution in [0.4, 0.5) is 19.3 Å². The predicted octanol–water partition coefficient (Wildman–Crippen LogP) is 4.49. The molecule has 0 fully saturated rings. The lowest BCUT2D eigenvalue weighted by atomic mass is 10.1. The van der Waals surface area contributed by atoms with E-state index in [1.807, 2.05) is 0 Å². The van der Waals surface area contributed by atoms with Crippen molar-refractivity contribution in [1.29, 1.82) is 0 Å². The van der Waals surface area contributed by atoms with Gasteiger partial charge >= 0.3 is 6.03 Å². The Morgan fingerprint density at radius 1 is 1.30 bits per heavy atom. The van der Waals surface area contributed by atoms with Gasteiger partial charge in [0.2, 0.25) is 0 Å². The molecule has 0 saturated carbocycles. The first-order chi connectivity index (χ1) is 10.9. The van der Waals surface area contributed by atoms with E-state index >= 15 is 0 Å². The average molecular weight is 341 g/mol. The van der Waals surface area contributed by atoms with Crippen molar-refractivity contribution in [3.05, 3.63) is 41.3 Å². The maximum atomic E-state index is 12.5. The highest BCUT2D eigenvalue weighted by molar-refractivity contribution is 7.99. The molecular weight excluding hydrogens is 324 g/mol. The van der Waals surface area contributed by atoms with E-state index in [2.05, 4.69) is 15.8 Å². The van der Waals surface area contributed by atoms with E-state index in [0.29, 0.717) is 33.8 Å². The summed E-state index contributed by atoms with van der Waals surface area (Å²) in [4.78, 5) is 12.4. The standard InChI is InChI=1S/C15H17F2N3O2S/c1-8(13-9(2)20-22-10(13)3)18-15(21)19-11-6-4-5-7-12(11)23-14(16)17/h4-8,14H,1-3H3,(H2,18,19,21)/t8-/m0/s1. The molecule has 1 aromatic carbocycles. The van der Waals surface area contributed by atoms with Crippen molar-refractivity contribution in [3.8, 4) is 0 Å². The van der Waals surface area contributed by atoms with Gasteiger partial charge in [-0.2, -0.15) is 8.78 Å².